The molecule has 0 aromatic rings. The van der Waals surface area contributed by atoms with Crippen LogP contribution in [-0.4, -0.2) is 51.7 Å². The van der Waals surface area contributed by atoms with E-state index in [9.17, 15) is 0 Å². The molecule has 0 aromatic carbocycles. The minimum Gasteiger partial charge on any atom is -0.377 e. The van der Waals surface area contributed by atoms with Crippen LogP contribution in [0.1, 0.15) is 38.5 Å². The van der Waals surface area contributed by atoms with Gasteiger partial charge >= 0.3 is 0 Å². The van der Waals surface area contributed by atoms with Gasteiger partial charge < -0.3 is 9.64 Å². The maximum absolute atomic E-state index is 6.46. The Morgan fingerprint density at radius 1 is 1.11 bits per heavy atom. The van der Waals surface area contributed by atoms with E-state index in [0.717, 1.165) is 38.0 Å². The quantitative estimate of drug-likeness (QED) is 0.675. The van der Waals surface area contributed by atoms with Crippen molar-refractivity contribution >= 4 is 15.7 Å². The average Bonchev–Trinajstić information content (AvgIpc) is 2.68. The van der Waals surface area contributed by atoms with Crippen molar-refractivity contribution in [2.75, 3.05) is 19.7 Å². The molecule has 2 heterocycles. The number of nitrogens with zero attached hydrogens (tertiary/aromatic N) is 1. The van der Waals surface area contributed by atoms with E-state index in [4.69, 9.17) is 20.4 Å². The Labute approximate surface area is 113 Å². The van der Waals surface area contributed by atoms with E-state index in [-0.39, 0.29) is 6.10 Å². The zero-order valence-electron chi connectivity index (χ0n) is 11.1. The monoisotopic (exact) mass is 241 g/mol. The molecule has 3 unspecified atom stereocenters. The van der Waals surface area contributed by atoms with Gasteiger partial charge in [0.05, 0.1) is 28.4 Å². The minimum atomic E-state index is -0.740. The van der Waals surface area contributed by atoms with Crippen LogP contribution in [-0.2, 0) is 4.74 Å². The second-order valence-electron chi connectivity index (χ2n) is 7.25. The van der Waals surface area contributed by atoms with Gasteiger partial charge in [-0.15, -0.1) is 0 Å². The summed E-state index contributed by atoms with van der Waals surface area (Å²) in [6.07, 6.45) is 7.87. The fraction of sp³-hybridized carbons (Fsp3) is 1.00. The molecule has 2 nitrogen and oxygen atoms in total. The summed E-state index contributed by atoms with van der Waals surface area (Å²) in [5.74, 6) is 1.68. The third kappa shape index (κ3) is 1.71. The Morgan fingerprint density at radius 2 is 1.78 bits per heavy atom. The molecule has 18 heavy (non-hydrogen) atoms. The van der Waals surface area contributed by atoms with Crippen LogP contribution in [0.25, 0.3) is 0 Å². The molecular weight excluding hydrogens is 220 g/mol. The molecule has 94 valence electrons. The lowest BCUT2D eigenvalue weighted by Crippen LogP contribution is -2.57. The van der Waals surface area contributed by atoms with E-state index in [1.165, 1.54) is 32.1 Å². The maximum atomic E-state index is 6.46. The molecule has 2 saturated carbocycles. The van der Waals surface area contributed by atoms with Gasteiger partial charge in [-0.2, -0.15) is 0 Å². The van der Waals surface area contributed by atoms with Crippen LogP contribution in [0.4, 0.5) is 0 Å². The van der Waals surface area contributed by atoms with Crippen molar-refractivity contribution in [3.05, 3.63) is 0 Å². The topological polar surface area (TPSA) is 12.5 Å². The zero-order valence-corrected chi connectivity index (χ0v) is 11.1. The Kier molecular flexibility index (Phi) is 2.49. The van der Waals surface area contributed by atoms with Gasteiger partial charge in [0, 0.05) is 13.1 Å². The summed E-state index contributed by atoms with van der Waals surface area (Å²) >= 11 is 0. The molecule has 2 aliphatic carbocycles. The molecule has 4 aliphatic rings. The second kappa shape index (κ2) is 3.79. The van der Waals surface area contributed by atoms with Gasteiger partial charge in [0.2, 0.25) is 0 Å². The Morgan fingerprint density at radius 3 is 2.33 bits per heavy atom. The zero-order chi connectivity index (χ0) is 12.4. The van der Waals surface area contributed by atoms with Crippen molar-refractivity contribution in [3.8, 4) is 0 Å². The number of rotatable bonds is 2. The molecule has 4 radical (unpaired) electrons. The first-order valence-electron chi connectivity index (χ1n) is 7.54. The summed E-state index contributed by atoms with van der Waals surface area (Å²) in [4.78, 5) is 2.31. The number of fused-ring (bicyclic) bond motifs is 1. The number of hydrogen-bond donors (Lipinski definition) is 0. The maximum Gasteiger partial charge on any atom is 0.0859 e. The second-order valence-corrected chi connectivity index (χ2v) is 7.25. The summed E-state index contributed by atoms with van der Waals surface area (Å²) in [5, 5.41) is -0.740. The Hall–Kier alpha value is 0.0499. The van der Waals surface area contributed by atoms with E-state index < -0.39 is 5.34 Å². The molecule has 0 amide bonds. The highest BCUT2D eigenvalue weighted by atomic mass is 16.5. The van der Waals surface area contributed by atoms with Crippen LogP contribution >= 0.6 is 0 Å². The van der Waals surface area contributed by atoms with Crippen LogP contribution in [0.3, 0.4) is 0 Å². The molecule has 0 aromatic heterocycles. The largest absolute Gasteiger partial charge is 0.377 e. The van der Waals surface area contributed by atoms with Gasteiger partial charge in [-0.25, -0.2) is 0 Å². The van der Waals surface area contributed by atoms with E-state index in [1.54, 1.807) is 0 Å². The SMILES string of the molecule is [B]C([B])(C1CC2(CC2)CO1)N1CC2CCCC2C1. The standard InChI is InChI=1S/C14H21B2NO/c15-14(16,12-6-13(4-5-13)9-18-12)17-7-10-2-1-3-11(10)8-17/h10-12H,1-9H2. The molecule has 4 rings (SSSR count). The highest BCUT2D eigenvalue weighted by Gasteiger charge is 2.54. The molecular formula is C14H21B2NO. The smallest absolute Gasteiger partial charge is 0.0859 e. The molecule has 2 aliphatic heterocycles. The van der Waals surface area contributed by atoms with Gasteiger partial charge in [-0.05, 0) is 54.7 Å². The van der Waals surface area contributed by atoms with Crippen molar-refractivity contribution in [2.45, 2.75) is 50.0 Å². The first-order valence-corrected chi connectivity index (χ1v) is 7.54. The van der Waals surface area contributed by atoms with Gasteiger partial charge in [0.1, 0.15) is 0 Å². The molecule has 4 heteroatoms. The normalized spacial score (nSPS) is 42.6. The van der Waals surface area contributed by atoms with Crippen LogP contribution in [0.15, 0.2) is 0 Å². The number of hydrogen-bond acceptors (Lipinski definition) is 2. The van der Waals surface area contributed by atoms with Gasteiger partial charge in [0.15, 0.2) is 0 Å². The summed E-state index contributed by atoms with van der Waals surface area (Å²) in [6.45, 7) is 3.06. The number of ether oxygens (including phenoxy) is 1. The summed E-state index contributed by atoms with van der Waals surface area (Å²) < 4.78 is 5.94. The summed E-state index contributed by atoms with van der Waals surface area (Å²) in [5.41, 5.74) is 0.463. The number of likely N-dealkylation sites (tertiary alicyclic amines) is 1. The molecule has 2 saturated heterocycles. The van der Waals surface area contributed by atoms with Gasteiger partial charge in [0.25, 0.3) is 0 Å². The van der Waals surface area contributed by atoms with Crippen molar-refractivity contribution in [1.82, 2.24) is 4.90 Å². The Balaban J connectivity index is 1.46. The predicted molar refractivity (Wildman–Crippen MR) is 72.7 cm³/mol. The third-order valence-corrected chi connectivity index (χ3v) is 5.96. The van der Waals surface area contributed by atoms with Crippen molar-refractivity contribution in [2.24, 2.45) is 17.3 Å². The van der Waals surface area contributed by atoms with Gasteiger partial charge in [-0.1, -0.05) is 6.42 Å². The van der Waals surface area contributed by atoms with E-state index in [0.29, 0.717) is 5.41 Å². The predicted octanol–water partition coefficient (Wildman–Crippen LogP) is 1.28. The van der Waals surface area contributed by atoms with Crippen LogP contribution < -0.4 is 0 Å². The van der Waals surface area contributed by atoms with Crippen LogP contribution in [0, 0.1) is 17.3 Å². The molecule has 4 fully saturated rings. The van der Waals surface area contributed by atoms with Crippen LogP contribution in [0.5, 0.6) is 0 Å². The molecule has 3 atom stereocenters. The van der Waals surface area contributed by atoms with Crippen LogP contribution in [0.2, 0.25) is 0 Å². The van der Waals surface area contributed by atoms with Crippen molar-refractivity contribution in [3.63, 3.8) is 0 Å². The molecule has 1 spiro atoms. The highest BCUT2D eigenvalue weighted by Crippen LogP contribution is 2.55. The Bertz CT molecular complexity index is 344. The molecule has 0 N–H and O–H groups in total. The third-order valence-electron chi connectivity index (χ3n) is 5.96. The average molecular weight is 241 g/mol. The van der Waals surface area contributed by atoms with Crippen molar-refractivity contribution in [1.29, 1.82) is 0 Å². The lowest BCUT2D eigenvalue weighted by atomic mass is 9.56. The summed E-state index contributed by atoms with van der Waals surface area (Å²) in [7, 11) is 12.9. The lowest BCUT2D eigenvalue weighted by Gasteiger charge is -2.42. The van der Waals surface area contributed by atoms with Crippen molar-refractivity contribution < 1.29 is 4.74 Å². The highest BCUT2D eigenvalue weighted by molar-refractivity contribution is 6.40. The fourth-order valence-electron chi connectivity index (χ4n) is 4.37. The van der Waals surface area contributed by atoms with E-state index in [1.807, 2.05) is 0 Å². The fourth-order valence-corrected chi connectivity index (χ4v) is 4.37. The lowest BCUT2D eigenvalue weighted by molar-refractivity contribution is 0.0422. The summed E-state index contributed by atoms with van der Waals surface area (Å²) in [6, 6.07) is 0. The van der Waals surface area contributed by atoms with E-state index in [2.05, 4.69) is 4.90 Å². The molecule has 0 bridgehead atoms. The minimum absolute atomic E-state index is 0.0406. The van der Waals surface area contributed by atoms with E-state index >= 15 is 0 Å². The van der Waals surface area contributed by atoms with Gasteiger partial charge in [-0.3, -0.25) is 0 Å². The first-order chi connectivity index (χ1) is 8.59. The first kappa shape index (κ1) is 11.8.